The number of aliphatic hydroxyl groups is 1. The zero-order valence-electron chi connectivity index (χ0n) is 10.9. The predicted octanol–water partition coefficient (Wildman–Crippen LogP) is 0.645. The Labute approximate surface area is 107 Å². The zero-order valence-corrected chi connectivity index (χ0v) is 10.9. The highest BCUT2D eigenvalue weighted by atomic mass is 16.3. The van der Waals surface area contributed by atoms with Crippen LogP contribution in [0.4, 0.5) is 0 Å². The summed E-state index contributed by atoms with van der Waals surface area (Å²) in [5.74, 6) is -0.173. The molecule has 100 valence electrons. The molecule has 1 rings (SSSR count). The van der Waals surface area contributed by atoms with Crippen molar-refractivity contribution < 1.29 is 9.90 Å². The summed E-state index contributed by atoms with van der Waals surface area (Å²) in [5, 5.41) is 12.0. The number of carbonyl (C=O) groups excluding carboxylic acids is 1. The van der Waals surface area contributed by atoms with Gasteiger partial charge in [-0.1, -0.05) is 13.0 Å². The monoisotopic (exact) mass is 251 g/mol. The van der Waals surface area contributed by atoms with Crippen LogP contribution in [-0.2, 0) is 0 Å². The van der Waals surface area contributed by atoms with Crippen LogP contribution >= 0.6 is 0 Å². The molecule has 0 spiro atoms. The Morgan fingerprint density at radius 1 is 1.50 bits per heavy atom. The summed E-state index contributed by atoms with van der Waals surface area (Å²) in [5.41, 5.74) is 6.51. The van der Waals surface area contributed by atoms with Crippen LogP contribution < -0.4 is 11.1 Å². The normalized spacial score (nSPS) is 14.2. The summed E-state index contributed by atoms with van der Waals surface area (Å²) in [6, 6.07) is 3.86. The lowest BCUT2D eigenvalue weighted by molar-refractivity contribution is 0.0995. The van der Waals surface area contributed by atoms with Crippen molar-refractivity contribution in [3.63, 3.8) is 0 Å². The number of nitrogens with zero attached hydrogens (tertiary/aromatic N) is 1. The van der Waals surface area contributed by atoms with Gasteiger partial charge in [0, 0.05) is 18.8 Å². The van der Waals surface area contributed by atoms with Crippen LogP contribution in [0.3, 0.4) is 0 Å². The maximum Gasteiger partial charge on any atom is 0.267 e. The van der Waals surface area contributed by atoms with Gasteiger partial charge in [-0.25, -0.2) is 0 Å². The molecule has 5 nitrogen and oxygen atoms in total. The highest BCUT2D eigenvalue weighted by Gasteiger charge is 2.11. The van der Waals surface area contributed by atoms with Crippen molar-refractivity contribution in [2.75, 3.05) is 13.2 Å². The molecule has 1 aromatic rings. The summed E-state index contributed by atoms with van der Waals surface area (Å²) in [6.07, 6.45) is 2.64. The Bertz CT molecular complexity index is 378. The summed E-state index contributed by atoms with van der Waals surface area (Å²) in [4.78, 5) is 14.9. The van der Waals surface area contributed by atoms with Crippen LogP contribution in [0.25, 0.3) is 0 Å². The molecule has 0 aliphatic heterocycles. The van der Waals surface area contributed by atoms with Gasteiger partial charge in [0.1, 0.15) is 5.69 Å². The maximum absolute atomic E-state index is 10.9. The van der Waals surface area contributed by atoms with Gasteiger partial charge in [0.25, 0.3) is 5.91 Å². The van der Waals surface area contributed by atoms with Gasteiger partial charge in [0.15, 0.2) is 0 Å². The lowest BCUT2D eigenvalue weighted by atomic mass is 9.95. The van der Waals surface area contributed by atoms with Crippen LogP contribution in [0, 0.1) is 0 Å². The van der Waals surface area contributed by atoms with E-state index in [1.165, 1.54) is 0 Å². The average Bonchev–Trinajstić information content (AvgIpc) is 2.36. The highest BCUT2D eigenvalue weighted by molar-refractivity contribution is 5.90. The number of nitrogens with two attached hydrogens (primary N) is 1. The minimum Gasteiger partial charge on any atom is -0.395 e. The molecule has 4 N–H and O–H groups in total. The number of pyridine rings is 1. The summed E-state index contributed by atoms with van der Waals surface area (Å²) < 4.78 is 0. The molecule has 1 amide bonds. The van der Waals surface area contributed by atoms with E-state index in [0.717, 1.165) is 12.0 Å². The van der Waals surface area contributed by atoms with Crippen LogP contribution in [0.1, 0.15) is 42.2 Å². The third-order valence-corrected chi connectivity index (χ3v) is 2.92. The molecule has 5 heteroatoms. The second-order valence-corrected chi connectivity index (χ2v) is 4.56. The third kappa shape index (κ3) is 4.43. The lowest BCUT2D eigenvalue weighted by Gasteiger charge is -2.18. The number of aromatic nitrogens is 1. The second kappa shape index (κ2) is 7.08. The van der Waals surface area contributed by atoms with Crippen molar-refractivity contribution in [2.45, 2.75) is 32.2 Å². The van der Waals surface area contributed by atoms with Crippen LogP contribution in [0.2, 0.25) is 0 Å². The van der Waals surface area contributed by atoms with E-state index in [1.54, 1.807) is 12.3 Å². The van der Waals surface area contributed by atoms with Gasteiger partial charge in [0.2, 0.25) is 0 Å². The van der Waals surface area contributed by atoms with Crippen molar-refractivity contribution in [2.24, 2.45) is 5.73 Å². The third-order valence-electron chi connectivity index (χ3n) is 2.92. The minimum absolute atomic E-state index is 0.146. The molecule has 2 atom stereocenters. The van der Waals surface area contributed by atoms with Gasteiger partial charge in [-0.2, -0.15) is 0 Å². The Hall–Kier alpha value is -1.46. The molecule has 0 aliphatic carbocycles. The van der Waals surface area contributed by atoms with Gasteiger partial charge < -0.3 is 16.2 Å². The van der Waals surface area contributed by atoms with Crippen molar-refractivity contribution in [1.82, 2.24) is 10.3 Å². The van der Waals surface area contributed by atoms with E-state index in [-0.39, 0.29) is 12.3 Å². The van der Waals surface area contributed by atoms with E-state index in [0.29, 0.717) is 18.5 Å². The Balaban J connectivity index is 2.55. The molecule has 18 heavy (non-hydrogen) atoms. The molecule has 1 heterocycles. The predicted molar refractivity (Wildman–Crippen MR) is 70.3 cm³/mol. The van der Waals surface area contributed by atoms with Crippen molar-refractivity contribution >= 4 is 5.91 Å². The van der Waals surface area contributed by atoms with E-state index in [2.05, 4.69) is 24.1 Å². The molecule has 1 aromatic heterocycles. The Morgan fingerprint density at radius 3 is 2.72 bits per heavy atom. The average molecular weight is 251 g/mol. The first-order valence-electron chi connectivity index (χ1n) is 6.14. The van der Waals surface area contributed by atoms with Gasteiger partial charge in [0.05, 0.1) is 6.61 Å². The van der Waals surface area contributed by atoms with Crippen LogP contribution in [0.15, 0.2) is 18.3 Å². The summed E-state index contributed by atoms with van der Waals surface area (Å²) >= 11 is 0. The Morgan fingerprint density at radius 2 is 2.22 bits per heavy atom. The number of primary amides is 1. The molecule has 2 unspecified atom stereocenters. The molecule has 0 aromatic carbocycles. The first-order chi connectivity index (χ1) is 8.54. The SMILES string of the molecule is CC(CC(C)c1ccc(C(N)=O)nc1)NCCO. The number of hydrogen-bond donors (Lipinski definition) is 3. The topological polar surface area (TPSA) is 88.2 Å². The summed E-state index contributed by atoms with van der Waals surface area (Å²) in [7, 11) is 0. The van der Waals surface area contributed by atoms with E-state index < -0.39 is 5.91 Å². The molecule has 0 bridgehead atoms. The quantitative estimate of drug-likeness (QED) is 0.663. The van der Waals surface area contributed by atoms with Gasteiger partial charge in [-0.3, -0.25) is 9.78 Å². The first-order valence-corrected chi connectivity index (χ1v) is 6.14. The second-order valence-electron chi connectivity index (χ2n) is 4.56. The molecular weight excluding hydrogens is 230 g/mol. The lowest BCUT2D eigenvalue weighted by Crippen LogP contribution is -2.29. The molecule has 0 radical (unpaired) electrons. The molecule has 0 fully saturated rings. The number of carbonyl (C=O) groups is 1. The minimum atomic E-state index is -0.507. The van der Waals surface area contributed by atoms with Gasteiger partial charge >= 0.3 is 0 Å². The van der Waals surface area contributed by atoms with E-state index in [1.807, 2.05) is 6.07 Å². The Kier molecular flexibility index (Phi) is 5.74. The molecule has 0 saturated heterocycles. The fraction of sp³-hybridized carbons (Fsp3) is 0.538. The highest BCUT2D eigenvalue weighted by Crippen LogP contribution is 2.19. The van der Waals surface area contributed by atoms with Crippen molar-refractivity contribution in [3.8, 4) is 0 Å². The molecule has 0 aliphatic rings. The number of amides is 1. The first kappa shape index (κ1) is 14.6. The smallest absolute Gasteiger partial charge is 0.267 e. The number of nitrogens with one attached hydrogen (secondary N) is 1. The van der Waals surface area contributed by atoms with E-state index in [4.69, 9.17) is 10.8 Å². The number of rotatable bonds is 7. The van der Waals surface area contributed by atoms with E-state index in [9.17, 15) is 4.79 Å². The number of hydrogen-bond acceptors (Lipinski definition) is 4. The summed E-state index contributed by atoms with van der Waals surface area (Å²) in [6.45, 7) is 4.94. The fourth-order valence-corrected chi connectivity index (χ4v) is 1.90. The van der Waals surface area contributed by atoms with E-state index >= 15 is 0 Å². The largest absolute Gasteiger partial charge is 0.395 e. The molecule has 0 saturated carbocycles. The zero-order chi connectivity index (χ0) is 13.5. The molecular formula is C13H21N3O2. The van der Waals surface area contributed by atoms with Gasteiger partial charge in [-0.15, -0.1) is 0 Å². The standard InChI is InChI=1S/C13H21N3O2/c1-9(7-10(2)15-5-6-17)11-3-4-12(13(14)18)16-8-11/h3-4,8-10,15,17H,5-7H2,1-2H3,(H2,14,18). The fourth-order valence-electron chi connectivity index (χ4n) is 1.90. The van der Waals surface area contributed by atoms with Crippen LogP contribution in [-0.4, -0.2) is 35.2 Å². The van der Waals surface area contributed by atoms with Crippen LogP contribution in [0.5, 0.6) is 0 Å². The van der Waals surface area contributed by atoms with Crippen molar-refractivity contribution in [3.05, 3.63) is 29.6 Å². The maximum atomic E-state index is 10.9. The van der Waals surface area contributed by atoms with Crippen molar-refractivity contribution in [1.29, 1.82) is 0 Å². The number of aliphatic hydroxyl groups excluding tert-OH is 1. The van der Waals surface area contributed by atoms with Gasteiger partial charge in [-0.05, 0) is 30.9 Å².